The first-order valence-corrected chi connectivity index (χ1v) is 11.7. The molecular weight excluding hydrogens is 402 g/mol. The van der Waals surface area contributed by atoms with E-state index in [4.69, 9.17) is 4.98 Å². The molecule has 4 atom stereocenters. The average molecular weight is 433 g/mol. The molecule has 0 bridgehead atoms. The zero-order chi connectivity index (χ0) is 21.3. The normalized spacial score (nSPS) is 33.2. The number of nitrogens with zero attached hydrogens (tertiary/aromatic N) is 5. The summed E-state index contributed by atoms with van der Waals surface area (Å²) in [6, 6.07) is 0.299. The molecule has 3 aliphatic heterocycles. The van der Waals surface area contributed by atoms with Crippen LogP contribution in [0.1, 0.15) is 37.4 Å². The van der Waals surface area contributed by atoms with Gasteiger partial charge in [-0.25, -0.2) is 4.98 Å². The number of nitrogens with one attached hydrogen (secondary N) is 1. The van der Waals surface area contributed by atoms with Gasteiger partial charge >= 0.3 is 0 Å². The van der Waals surface area contributed by atoms with Crippen LogP contribution in [0.4, 0.5) is 20.5 Å². The van der Waals surface area contributed by atoms with Crippen LogP contribution in [0.3, 0.4) is 0 Å². The number of hydrogen-bond donors (Lipinski definition) is 1. The maximum absolute atomic E-state index is 14.6. The Morgan fingerprint density at radius 2 is 1.90 bits per heavy atom. The molecule has 168 valence electrons. The molecule has 0 aromatic carbocycles. The highest BCUT2D eigenvalue weighted by atomic mass is 19.3. The van der Waals surface area contributed by atoms with Crippen molar-refractivity contribution in [2.45, 2.75) is 44.6 Å². The summed E-state index contributed by atoms with van der Waals surface area (Å²) in [5, 5.41) is 3.28. The van der Waals surface area contributed by atoms with E-state index in [2.05, 4.69) is 22.1 Å². The first-order chi connectivity index (χ1) is 14.9. The fourth-order valence-electron chi connectivity index (χ4n) is 5.97. The van der Waals surface area contributed by atoms with E-state index >= 15 is 0 Å². The summed E-state index contributed by atoms with van der Waals surface area (Å²) in [5.74, 6) is -0.0299. The van der Waals surface area contributed by atoms with E-state index in [0.29, 0.717) is 48.1 Å². The maximum atomic E-state index is 14.6. The Hall–Kier alpha value is -2.03. The Morgan fingerprint density at radius 3 is 2.55 bits per heavy atom. The predicted molar refractivity (Wildman–Crippen MR) is 112 cm³/mol. The molecule has 9 heteroatoms. The number of halogens is 2. The quantitative estimate of drug-likeness (QED) is 0.780. The fraction of sp³-hybridized carbons (Fsp3) is 0.773. The van der Waals surface area contributed by atoms with Gasteiger partial charge in [-0.3, -0.25) is 4.79 Å². The minimum Gasteiger partial charge on any atom is -0.356 e. The van der Waals surface area contributed by atoms with E-state index in [1.165, 1.54) is 0 Å². The number of piperazine rings is 1. The van der Waals surface area contributed by atoms with Crippen LogP contribution in [0.25, 0.3) is 0 Å². The third-order valence-electron chi connectivity index (χ3n) is 8.14. The molecular formula is C22H30F2N6O. The van der Waals surface area contributed by atoms with Crippen LogP contribution in [-0.4, -0.2) is 72.6 Å². The van der Waals surface area contributed by atoms with E-state index < -0.39 is 5.92 Å². The number of alkyl halides is 2. The largest absolute Gasteiger partial charge is 0.356 e. The SMILES string of the molecule is C[C@H]1CCN1c1nc(N2C[C@@H]3[C@H](CC(=O)N4CCNCC4)[C@@H]3C2)c2c(n1)C(F)(F)CC2. The average Bonchev–Trinajstić information content (AvgIpc) is 3.08. The van der Waals surface area contributed by atoms with Gasteiger partial charge in [0.1, 0.15) is 11.5 Å². The molecule has 5 aliphatic rings. The van der Waals surface area contributed by atoms with Crippen LogP contribution in [0.2, 0.25) is 0 Å². The summed E-state index contributed by atoms with van der Waals surface area (Å²) < 4.78 is 29.1. The molecule has 4 fully saturated rings. The number of anilines is 2. The van der Waals surface area contributed by atoms with Gasteiger partial charge in [-0.2, -0.15) is 13.8 Å². The second-order valence-corrected chi connectivity index (χ2v) is 9.94. The molecule has 1 saturated carbocycles. The minimum absolute atomic E-state index is 0.0578. The molecule has 1 amide bonds. The van der Waals surface area contributed by atoms with Gasteiger partial charge in [0.05, 0.1) is 0 Å². The van der Waals surface area contributed by atoms with Crippen LogP contribution >= 0.6 is 0 Å². The molecule has 0 unspecified atom stereocenters. The van der Waals surface area contributed by atoms with Crippen molar-refractivity contribution in [2.24, 2.45) is 17.8 Å². The smallest absolute Gasteiger partial charge is 0.290 e. The number of carbonyl (C=O) groups excluding carboxylic acids is 1. The summed E-state index contributed by atoms with van der Waals surface area (Å²) in [6.07, 6.45) is 1.83. The molecule has 3 saturated heterocycles. The van der Waals surface area contributed by atoms with Crippen LogP contribution in [-0.2, 0) is 17.1 Å². The van der Waals surface area contributed by atoms with E-state index in [9.17, 15) is 13.6 Å². The van der Waals surface area contributed by atoms with Crippen molar-refractivity contribution in [1.29, 1.82) is 0 Å². The lowest BCUT2D eigenvalue weighted by molar-refractivity contribution is -0.132. The fourth-order valence-corrected chi connectivity index (χ4v) is 5.97. The first kappa shape index (κ1) is 19.6. The number of piperidine rings is 1. The Balaban J connectivity index is 1.18. The van der Waals surface area contributed by atoms with Crippen molar-refractivity contribution in [3.8, 4) is 0 Å². The first-order valence-electron chi connectivity index (χ1n) is 11.7. The summed E-state index contributed by atoms with van der Waals surface area (Å²) in [7, 11) is 0. The Kier molecular flexibility index (Phi) is 4.43. The monoisotopic (exact) mass is 432 g/mol. The summed E-state index contributed by atoms with van der Waals surface area (Å²) in [5.41, 5.74) is 0.578. The lowest BCUT2D eigenvalue weighted by Gasteiger charge is -2.39. The number of fused-ring (bicyclic) bond motifs is 2. The lowest BCUT2D eigenvalue weighted by Crippen LogP contribution is -2.47. The van der Waals surface area contributed by atoms with Crippen molar-refractivity contribution in [3.05, 3.63) is 11.3 Å². The number of hydrogen-bond acceptors (Lipinski definition) is 6. The summed E-state index contributed by atoms with van der Waals surface area (Å²) >= 11 is 0. The van der Waals surface area contributed by atoms with Gasteiger partial charge in [-0.1, -0.05) is 0 Å². The van der Waals surface area contributed by atoms with Crippen LogP contribution in [0.5, 0.6) is 0 Å². The second-order valence-electron chi connectivity index (χ2n) is 9.94. The van der Waals surface area contributed by atoms with Gasteiger partial charge in [-0.05, 0) is 37.5 Å². The second kappa shape index (κ2) is 6.98. The molecule has 1 N–H and O–H groups in total. The highest BCUT2D eigenvalue weighted by Crippen LogP contribution is 2.55. The Bertz CT molecular complexity index is 892. The summed E-state index contributed by atoms with van der Waals surface area (Å²) in [4.78, 5) is 28.0. The molecule has 1 aromatic rings. The molecule has 0 spiro atoms. The number of amides is 1. The molecule has 31 heavy (non-hydrogen) atoms. The topological polar surface area (TPSA) is 64.6 Å². The van der Waals surface area contributed by atoms with Gasteiger partial charge in [-0.15, -0.1) is 0 Å². The molecule has 1 aromatic heterocycles. The Morgan fingerprint density at radius 1 is 1.16 bits per heavy atom. The van der Waals surface area contributed by atoms with E-state index in [-0.39, 0.29) is 18.0 Å². The van der Waals surface area contributed by atoms with Crippen molar-refractivity contribution in [3.63, 3.8) is 0 Å². The van der Waals surface area contributed by atoms with E-state index in [1.807, 2.05) is 9.80 Å². The van der Waals surface area contributed by atoms with Crippen LogP contribution < -0.4 is 15.1 Å². The third-order valence-corrected chi connectivity index (χ3v) is 8.14. The van der Waals surface area contributed by atoms with Crippen LogP contribution in [0.15, 0.2) is 0 Å². The highest BCUT2D eigenvalue weighted by molar-refractivity contribution is 5.77. The number of aromatic nitrogens is 2. The summed E-state index contributed by atoms with van der Waals surface area (Å²) in [6.45, 7) is 7.88. The third kappa shape index (κ3) is 3.18. The van der Waals surface area contributed by atoms with Crippen molar-refractivity contribution >= 4 is 17.7 Å². The van der Waals surface area contributed by atoms with E-state index in [0.717, 1.165) is 58.1 Å². The molecule has 7 nitrogen and oxygen atoms in total. The maximum Gasteiger partial charge on any atom is 0.290 e. The highest BCUT2D eigenvalue weighted by Gasteiger charge is 2.57. The number of rotatable bonds is 4. The zero-order valence-corrected chi connectivity index (χ0v) is 18.0. The zero-order valence-electron chi connectivity index (χ0n) is 18.0. The van der Waals surface area contributed by atoms with Crippen molar-refractivity contribution in [2.75, 3.05) is 55.6 Å². The van der Waals surface area contributed by atoms with Crippen LogP contribution in [0, 0.1) is 17.8 Å². The molecule has 4 heterocycles. The molecule has 2 aliphatic carbocycles. The lowest BCUT2D eigenvalue weighted by atomic mass is 10.1. The van der Waals surface area contributed by atoms with Gasteiger partial charge in [0, 0.05) is 70.3 Å². The van der Waals surface area contributed by atoms with Gasteiger partial charge < -0.3 is 20.0 Å². The standard InChI is InChI=1S/C22H30F2N6O/c1-13-3-7-30(13)21-26-19-14(2-4-22(19,23)24)20(27-21)29-11-16-15(17(16)12-29)10-18(31)28-8-5-25-6-9-28/h13,15-17,25H,2-12H2,1H3/t13-,15-,16+,17-/m0/s1. The van der Waals surface area contributed by atoms with Gasteiger partial charge in [0.15, 0.2) is 0 Å². The van der Waals surface area contributed by atoms with Gasteiger partial charge in [0.2, 0.25) is 11.9 Å². The van der Waals surface area contributed by atoms with Gasteiger partial charge in [0.25, 0.3) is 5.92 Å². The van der Waals surface area contributed by atoms with Crippen molar-refractivity contribution in [1.82, 2.24) is 20.2 Å². The number of carbonyl (C=O) groups is 1. The molecule has 6 rings (SSSR count). The van der Waals surface area contributed by atoms with Crippen molar-refractivity contribution < 1.29 is 13.6 Å². The Labute approximate surface area is 181 Å². The predicted octanol–water partition coefficient (Wildman–Crippen LogP) is 1.62. The minimum atomic E-state index is -2.86. The molecule has 0 radical (unpaired) electrons. The van der Waals surface area contributed by atoms with E-state index in [1.54, 1.807) is 0 Å².